The van der Waals surface area contributed by atoms with Crippen molar-refractivity contribution < 1.29 is 13.2 Å². The third-order valence-corrected chi connectivity index (χ3v) is 6.09. The number of likely N-dealkylation sites (tertiary alicyclic amines) is 1. The molecule has 29 heavy (non-hydrogen) atoms. The Labute approximate surface area is 177 Å². The molecule has 6 nitrogen and oxygen atoms in total. The predicted molar refractivity (Wildman–Crippen MR) is 115 cm³/mol. The molecule has 1 fully saturated rings. The fourth-order valence-electron chi connectivity index (χ4n) is 4.14. The lowest BCUT2D eigenvalue weighted by Crippen LogP contribution is -2.25. The predicted octanol–water partition coefficient (Wildman–Crippen LogP) is 3.00. The van der Waals surface area contributed by atoms with Gasteiger partial charge in [0.15, 0.2) is 0 Å². The van der Waals surface area contributed by atoms with Crippen molar-refractivity contribution in [3.63, 3.8) is 0 Å². The summed E-state index contributed by atoms with van der Waals surface area (Å²) in [5.74, 6) is 1.79. The number of hydrogen-bond donors (Lipinski definition) is 1. The van der Waals surface area contributed by atoms with Crippen molar-refractivity contribution in [3.05, 3.63) is 59.2 Å². The molecule has 2 aromatic carbocycles. The van der Waals surface area contributed by atoms with E-state index in [2.05, 4.69) is 15.7 Å². The summed E-state index contributed by atoms with van der Waals surface area (Å²) in [4.78, 5) is 2.45. The highest BCUT2D eigenvalue weighted by Gasteiger charge is 2.38. The number of ether oxygens (including phenoxy) is 1. The van der Waals surface area contributed by atoms with E-state index in [1.807, 2.05) is 30.3 Å². The Morgan fingerprint density at radius 1 is 1.21 bits per heavy atom. The van der Waals surface area contributed by atoms with E-state index >= 15 is 0 Å². The number of halogens is 1. The van der Waals surface area contributed by atoms with E-state index < -0.39 is 10.0 Å². The number of rotatable bonds is 5. The van der Waals surface area contributed by atoms with Crippen molar-refractivity contribution in [1.82, 2.24) is 4.90 Å². The highest BCUT2D eigenvalue weighted by Crippen LogP contribution is 2.41. The number of nitriles is 1. The third-order valence-electron chi connectivity index (χ3n) is 5.48. The Morgan fingerprint density at radius 3 is 2.66 bits per heavy atom. The van der Waals surface area contributed by atoms with Crippen LogP contribution < -0.4 is 9.46 Å². The van der Waals surface area contributed by atoms with Crippen molar-refractivity contribution in [1.29, 1.82) is 5.26 Å². The van der Waals surface area contributed by atoms with Crippen LogP contribution in [0.2, 0.25) is 0 Å². The van der Waals surface area contributed by atoms with Gasteiger partial charge in [0.25, 0.3) is 0 Å². The Hall–Kier alpha value is -2.27. The molecule has 2 aliphatic rings. The van der Waals surface area contributed by atoms with Gasteiger partial charge < -0.3 is 9.64 Å². The largest absolute Gasteiger partial charge is 0.493 e. The second kappa shape index (κ2) is 8.62. The summed E-state index contributed by atoms with van der Waals surface area (Å²) in [5, 5.41) is 9.18. The highest BCUT2D eigenvalue weighted by molar-refractivity contribution is 7.92. The smallest absolute Gasteiger partial charge is 0.229 e. The zero-order valence-corrected chi connectivity index (χ0v) is 17.8. The average molecular weight is 434 g/mol. The number of anilines is 1. The van der Waals surface area contributed by atoms with Gasteiger partial charge in [-0.3, -0.25) is 4.72 Å². The van der Waals surface area contributed by atoms with Crippen molar-refractivity contribution in [2.45, 2.75) is 12.3 Å². The second-order valence-corrected chi connectivity index (χ2v) is 9.37. The Bertz CT molecular complexity index is 1020. The first-order valence-corrected chi connectivity index (χ1v) is 11.3. The number of fused-ring (bicyclic) bond motifs is 3. The van der Waals surface area contributed by atoms with Crippen molar-refractivity contribution in [2.24, 2.45) is 5.92 Å². The molecule has 0 bridgehead atoms. The van der Waals surface area contributed by atoms with Crippen LogP contribution in [0, 0.1) is 17.2 Å². The summed E-state index contributed by atoms with van der Waals surface area (Å²) in [6.07, 6.45) is 2.06. The molecule has 0 aromatic heterocycles. The van der Waals surface area contributed by atoms with E-state index in [0.717, 1.165) is 50.2 Å². The SMILES string of the molecule is CS(=O)(=O)Nc1ccc(CCN2C[C@H]3COc4ccc(C#N)cc4[C@@H]3C2)cc1.Cl. The van der Waals surface area contributed by atoms with Gasteiger partial charge in [-0.25, -0.2) is 8.42 Å². The number of hydrogen-bond acceptors (Lipinski definition) is 5. The maximum Gasteiger partial charge on any atom is 0.229 e. The van der Waals surface area contributed by atoms with E-state index in [1.54, 1.807) is 12.1 Å². The molecule has 0 aliphatic carbocycles. The van der Waals surface area contributed by atoms with Gasteiger partial charge in [0.2, 0.25) is 10.0 Å². The van der Waals surface area contributed by atoms with Crippen molar-refractivity contribution in [3.8, 4) is 11.8 Å². The van der Waals surface area contributed by atoms with Gasteiger partial charge in [-0.2, -0.15) is 5.26 Å². The monoisotopic (exact) mass is 433 g/mol. The molecule has 2 atom stereocenters. The first kappa shape index (κ1) is 21.4. The fourth-order valence-corrected chi connectivity index (χ4v) is 4.71. The molecule has 4 rings (SSSR count). The van der Waals surface area contributed by atoms with Gasteiger partial charge in [0.1, 0.15) is 5.75 Å². The molecular formula is C21H24ClN3O3S. The first-order chi connectivity index (χ1) is 13.4. The maximum atomic E-state index is 11.3. The topological polar surface area (TPSA) is 82.4 Å². The van der Waals surface area contributed by atoms with Crippen LogP contribution in [0.1, 0.15) is 22.6 Å². The third kappa shape index (κ3) is 5.02. The van der Waals surface area contributed by atoms with Gasteiger partial charge in [-0.05, 0) is 42.3 Å². The number of benzene rings is 2. The fraction of sp³-hybridized carbons (Fsp3) is 0.381. The maximum absolute atomic E-state index is 11.3. The molecule has 1 saturated heterocycles. The standard InChI is InChI=1S/C21H23N3O3S.ClH/c1-28(25,26)23-18-5-2-15(3-6-18)8-9-24-12-17-14-27-21-7-4-16(11-22)10-19(21)20(17)13-24;/h2-7,10,17,20,23H,8-9,12-14H2,1H3;1H/t17-,20+;/m0./s1. The van der Waals surface area contributed by atoms with E-state index in [-0.39, 0.29) is 12.4 Å². The van der Waals surface area contributed by atoms with Crippen molar-refractivity contribution >= 4 is 28.1 Å². The van der Waals surface area contributed by atoms with Crippen molar-refractivity contribution in [2.75, 3.05) is 37.2 Å². The summed E-state index contributed by atoms with van der Waals surface area (Å²) >= 11 is 0. The average Bonchev–Trinajstić information content (AvgIpc) is 3.09. The zero-order chi connectivity index (χ0) is 19.7. The van der Waals surface area contributed by atoms with Crippen LogP contribution in [-0.2, 0) is 16.4 Å². The normalized spacial score (nSPS) is 20.6. The van der Waals surface area contributed by atoms with E-state index in [0.29, 0.717) is 23.1 Å². The van der Waals surface area contributed by atoms with Gasteiger partial charge in [-0.1, -0.05) is 12.1 Å². The molecule has 0 radical (unpaired) electrons. The van der Waals surface area contributed by atoms with Gasteiger partial charge >= 0.3 is 0 Å². The molecule has 0 spiro atoms. The lowest BCUT2D eigenvalue weighted by molar-refractivity contribution is 0.213. The Kier molecular flexibility index (Phi) is 6.37. The number of nitrogens with one attached hydrogen (secondary N) is 1. The minimum Gasteiger partial charge on any atom is -0.493 e. The lowest BCUT2D eigenvalue weighted by atomic mass is 9.86. The van der Waals surface area contributed by atoms with Crippen LogP contribution in [0.4, 0.5) is 5.69 Å². The van der Waals surface area contributed by atoms with Crippen LogP contribution in [-0.4, -0.2) is 45.8 Å². The molecule has 0 unspecified atom stereocenters. The van der Waals surface area contributed by atoms with Gasteiger partial charge in [0, 0.05) is 42.7 Å². The minimum atomic E-state index is -3.25. The van der Waals surface area contributed by atoms with Crippen LogP contribution in [0.5, 0.6) is 5.75 Å². The second-order valence-electron chi connectivity index (χ2n) is 7.62. The van der Waals surface area contributed by atoms with Crippen LogP contribution in [0.25, 0.3) is 0 Å². The molecule has 2 aliphatic heterocycles. The molecule has 0 saturated carbocycles. The molecule has 2 aromatic rings. The quantitative estimate of drug-likeness (QED) is 0.783. The van der Waals surface area contributed by atoms with E-state index in [4.69, 9.17) is 4.74 Å². The highest BCUT2D eigenvalue weighted by atomic mass is 35.5. The number of sulfonamides is 1. The summed E-state index contributed by atoms with van der Waals surface area (Å²) in [6.45, 7) is 3.64. The van der Waals surface area contributed by atoms with Crippen LogP contribution in [0.3, 0.4) is 0 Å². The summed E-state index contributed by atoms with van der Waals surface area (Å²) in [5.41, 5.74) is 3.61. The minimum absolute atomic E-state index is 0. The van der Waals surface area contributed by atoms with Crippen LogP contribution >= 0.6 is 12.4 Å². The molecular weight excluding hydrogens is 410 g/mol. The lowest BCUT2D eigenvalue weighted by Gasteiger charge is -2.27. The van der Waals surface area contributed by atoms with E-state index in [9.17, 15) is 13.7 Å². The Balaban J connectivity index is 0.00000240. The zero-order valence-electron chi connectivity index (χ0n) is 16.2. The molecule has 0 amide bonds. The summed E-state index contributed by atoms with van der Waals surface area (Å²) in [6, 6.07) is 15.5. The summed E-state index contributed by atoms with van der Waals surface area (Å²) in [7, 11) is -3.25. The molecule has 1 N–H and O–H groups in total. The number of nitrogens with zero attached hydrogens (tertiary/aromatic N) is 2. The first-order valence-electron chi connectivity index (χ1n) is 9.37. The molecule has 2 heterocycles. The molecule has 8 heteroatoms. The summed E-state index contributed by atoms with van der Waals surface area (Å²) < 4.78 is 31.0. The van der Waals surface area contributed by atoms with E-state index in [1.165, 1.54) is 5.56 Å². The van der Waals surface area contributed by atoms with Crippen LogP contribution in [0.15, 0.2) is 42.5 Å². The Morgan fingerprint density at radius 2 is 1.97 bits per heavy atom. The van der Waals surface area contributed by atoms with Gasteiger partial charge in [0.05, 0.1) is 24.5 Å². The van der Waals surface area contributed by atoms with Gasteiger partial charge in [-0.15, -0.1) is 12.4 Å². The molecule has 154 valence electrons.